The highest BCUT2D eigenvalue weighted by Crippen LogP contribution is 2.33. The van der Waals surface area contributed by atoms with E-state index in [1.807, 2.05) is 0 Å². The van der Waals surface area contributed by atoms with Crippen LogP contribution in [-0.2, 0) is 17.7 Å². The molecule has 0 bridgehead atoms. The number of likely N-dealkylation sites (N-methyl/N-ethyl adjacent to an activating group) is 1. The van der Waals surface area contributed by atoms with Gasteiger partial charge in [0.05, 0.1) is 13.2 Å². The number of benzene rings is 1. The van der Waals surface area contributed by atoms with Gasteiger partial charge < -0.3 is 15.4 Å². The molecule has 1 aromatic carbocycles. The fourth-order valence-corrected chi connectivity index (χ4v) is 2.68. The number of hydrogen-bond donors (Lipinski definition) is 1. The van der Waals surface area contributed by atoms with E-state index in [1.165, 1.54) is 16.7 Å². The molecule has 1 fully saturated rings. The van der Waals surface area contributed by atoms with Gasteiger partial charge in [-0.3, -0.25) is 0 Å². The summed E-state index contributed by atoms with van der Waals surface area (Å²) in [5.74, 6) is 0.584. The number of rotatable bonds is 1. The van der Waals surface area contributed by atoms with Crippen LogP contribution in [-0.4, -0.2) is 31.7 Å². The number of nitrogen functional groups attached to an aromatic ring is 1. The highest BCUT2D eigenvalue weighted by atomic mass is 16.5. The molecule has 3 heteroatoms. The van der Waals surface area contributed by atoms with Crippen LogP contribution in [0.4, 0.5) is 5.69 Å². The lowest BCUT2D eigenvalue weighted by atomic mass is 9.86. The fourth-order valence-electron chi connectivity index (χ4n) is 2.68. The summed E-state index contributed by atoms with van der Waals surface area (Å²) in [7, 11) is 2.16. The van der Waals surface area contributed by atoms with Crippen molar-refractivity contribution < 1.29 is 4.74 Å². The lowest BCUT2D eigenvalue weighted by Gasteiger charge is -2.33. The van der Waals surface area contributed by atoms with E-state index in [9.17, 15) is 0 Å². The summed E-state index contributed by atoms with van der Waals surface area (Å²) in [5.41, 5.74) is 11.3. The van der Waals surface area contributed by atoms with Gasteiger partial charge in [-0.2, -0.15) is 0 Å². The Hall–Kier alpha value is -1.06. The standard InChI is InChI=1S/C13H18N2O/c1-15-3-2-12-9(6-15)4-11(14)5-13(12)10-7-16-8-10/h4-5,10H,2-3,6-8,14H2,1H3. The van der Waals surface area contributed by atoms with E-state index < -0.39 is 0 Å². The minimum atomic E-state index is 0.584. The zero-order chi connectivity index (χ0) is 11.1. The number of hydrogen-bond acceptors (Lipinski definition) is 3. The number of anilines is 1. The predicted molar refractivity (Wildman–Crippen MR) is 64.5 cm³/mol. The summed E-state index contributed by atoms with van der Waals surface area (Å²) in [6.07, 6.45) is 1.15. The van der Waals surface area contributed by atoms with Crippen molar-refractivity contribution in [3.05, 3.63) is 28.8 Å². The van der Waals surface area contributed by atoms with E-state index >= 15 is 0 Å². The van der Waals surface area contributed by atoms with E-state index in [-0.39, 0.29) is 0 Å². The molecule has 2 heterocycles. The molecule has 0 unspecified atom stereocenters. The third-order valence-electron chi connectivity index (χ3n) is 3.66. The molecule has 2 aliphatic heterocycles. The van der Waals surface area contributed by atoms with Crippen molar-refractivity contribution in [1.82, 2.24) is 4.90 Å². The van der Waals surface area contributed by atoms with Crippen molar-refractivity contribution in [1.29, 1.82) is 0 Å². The SMILES string of the molecule is CN1CCc2c(cc(N)cc2C2COC2)C1. The first kappa shape index (κ1) is 10.1. The van der Waals surface area contributed by atoms with Gasteiger partial charge in [0.15, 0.2) is 0 Å². The van der Waals surface area contributed by atoms with Crippen LogP contribution in [0.15, 0.2) is 12.1 Å². The summed E-state index contributed by atoms with van der Waals surface area (Å²) < 4.78 is 5.29. The number of nitrogens with zero attached hydrogens (tertiary/aromatic N) is 1. The minimum Gasteiger partial charge on any atom is -0.399 e. The molecule has 0 aromatic heterocycles. The molecular formula is C13H18N2O. The first-order chi connectivity index (χ1) is 7.74. The van der Waals surface area contributed by atoms with Crippen molar-refractivity contribution in [3.8, 4) is 0 Å². The Kier molecular flexibility index (Phi) is 2.37. The quantitative estimate of drug-likeness (QED) is 0.724. The van der Waals surface area contributed by atoms with Crippen LogP contribution in [0.3, 0.4) is 0 Å². The molecule has 2 aliphatic rings. The highest BCUT2D eigenvalue weighted by molar-refractivity contribution is 5.52. The summed E-state index contributed by atoms with van der Waals surface area (Å²) in [6, 6.07) is 4.28. The Labute approximate surface area is 96.2 Å². The van der Waals surface area contributed by atoms with Crippen molar-refractivity contribution in [2.45, 2.75) is 18.9 Å². The Morgan fingerprint density at radius 3 is 2.88 bits per heavy atom. The maximum atomic E-state index is 5.99. The zero-order valence-corrected chi connectivity index (χ0v) is 9.70. The van der Waals surface area contributed by atoms with Crippen LogP contribution < -0.4 is 5.73 Å². The first-order valence-electron chi connectivity index (χ1n) is 5.91. The molecule has 3 nitrogen and oxygen atoms in total. The minimum absolute atomic E-state index is 0.584. The summed E-state index contributed by atoms with van der Waals surface area (Å²) in [6.45, 7) is 3.91. The third-order valence-corrected chi connectivity index (χ3v) is 3.66. The van der Waals surface area contributed by atoms with Crippen LogP contribution in [0, 0.1) is 0 Å². The van der Waals surface area contributed by atoms with E-state index in [1.54, 1.807) is 0 Å². The Morgan fingerprint density at radius 2 is 2.19 bits per heavy atom. The van der Waals surface area contributed by atoms with Crippen LogP contribution in [0.1, 0.15) is 22.6 Å². The van der Waals surface area contributed by atoms with Gasteiger partial charge in [0.25, 0.3) is 0 Å². The maximum Gasteiger partial charge on any atom is 0.0557 e. The van der Waals surface area contributed by atoms with E-state index in [0.29, 0.717) is 5.92 Å². The first-order valence-corrected chi connectivity index (χ1v) is 5.91. The Balaban J connectivity index is 2.03. The van der Waals surface area contributed by atoms with Gasteiger partial charge in [0, 0.05) is 24.7 Å². The monoisotopic (exact) mass is 218 g/mol. The van der Waals surface area contributed by atoms with Crippen molar-refractivity contribution >= 4 is 5.69 Å². The van der Waals surface area contributed by atoms with E-state index in [2.05, 4.69) is 24.1 Å². The van der Waals surface area contributed by atoms with Crippen LogP contribution in [0.25, 0.3) is 0 Å². The average molecular weight is 218 g/mol. The molecule has 1 aromatic rings. The van der Waals surface area contributed by atoms with Crippen molar-refractivity contribution in [2.24, 2.45) is 0 Å². The van der Waals surface area contributed by atoms with Gasteiger partial charge in [-0.25, -0.2) is 0 Å². The molecular weight excluding hydrogens is 200 g/mol. The highest BCUT2D eigenvalue weighted by Gasteiger charge is 2.26. The molecule has 0 amide bonds. The lowest BCUT2D eigenvalue weighted by Crippen LogP contribution is -2.31. The molecule has 0 saturated carbocycles. The molecule has 1 saturated heterocycles. The molecule has 0 atom stereocenters. The average Bonchev–Trinajstić information content (AvgIpc) is 2.13. The van der Waals surface area contributed by atoms with Crippen LogP contribution in [0.5, 0.6) is 0 Å². The second-order valence-electron chi connectivity index (χ2n) is 4.97. The number of fused-ring (bicyclic) bond motifs is 1. The topological polar surface area (TPSA) is 38.5 Å². The summed E-state index contributed by atoms with van der Waals surface area (Å²) in [5, 5.41) is 0. The van der Waals surface area contributed by atoms with Gasteiger partial charge >= 0.3 is 0 Å². The Bertz CT molecular complexity index is 413. The zero-order valence-electron chi connectivity index (χ0n) is 9.70. The molecule has 2 N–H and O–H groups in total. The number of ether oxygens (including phenoxy) is 1. The molecule has 86 valence electrons. The van der Waals surface area contributed by atoms with Gasteiger partial charge in [0.2, 0.25) is 0 Å². The normalized spacial score (nSPS) is 21.6. The van der Waals surface area contributed by atoms with Crippen LogP contribution in [0.2, 0.25) is 0 Å². The van der Waals surface area contributed by atoms with E-state index in [4.69, 9.17) is 10.5 Å². The largest absolute Gasteiger partial charge is 0.399 e. The predicted octanol–water partition coefficient (Wildman–Crippen LogP) is 1.37. The molecule has 16 heavy (non-hydrogen) atoms. The smallest absolute Gasteiger partial charge is 0.0557 e. The molecule has 0 radical (unpaired) electrons. The fraction of sp³-hybridized carbons (Fsp3) is 0.538. The van der Waals surface area contributed by atoms with Gasteiger partial charge in [0.1, 0.15) is 0 Å². The summed E-state index contributed by atoms with van der Waals surface area (Å²) in [4.78, 5) is 2.35. The van der Waals surface area contributed by atoms with Crippen LogP contribution >= 0.6 is 0 Å². The maximum absolute atomic E-state index is 5.99. The van der Waals surface area contributed by atoms with Gasteiger partial charge in [-0.1, -0.05) is 0 Å². The second kappa shape index (κ2) is 3.75. The van der Waals surface area contributed by atoms with Crippen molar-refractivity contribution in [3.63, 3.8) is 0 Å². The van der Waals surface area contributed by atoms with Crippen molar-refractivity contribution in [2.75, 3.05) is 32.5 Å². The number of nitrogens with two attached hydrogens (primary N) is 1. The molecule has 3 rings (SSSR count). The van der Waals surface area contributed by atoms with Gasteiger partial charge in [-0.15, -0.1) is 0 Å². The van der Waals surface area contributed by atoms with E-state index in [0.717, 1.165) is 38.4 Å². The second-order valence-corrected chi connectivity index (χ2v) is 4.97. The Morgan fingerprint density at radius 1 is 1.38 bits per heavy atom. The summed E-state index contributed by atoms with van der Waals surface area (Å²) >= 11 is 0. The van der Waals surface area contributed by atoms with Gasteiger partial charge in [-0.05, 0) is 42.3 Å². The molecule has 0 aliphatic carbocycles. The lowest BCUT2D eigenvalue weighted by molar-refractivity contribution is 0.00793. The third kappa shape index (κ3) is 1.60. The molecule has 0 spiro atoms.